The number of hydrazine groups is 1. The van der Waals surface area contributed by atoms with E-state index in [2.05, 4.69) is 10.7 Å². The van der Waals surface area contributed by atoms with Crippen LogP contribution in [0, 0.1) is 17.3 Å². The van der Waals surface area contributed by atoms with Crippen LogP contribution in [0.3, 0.4) is 0 Å². The monoisotopic (exact) mass is 435 g/mol. The molecule has 3 rings (SSSR count). The van der Waals surface area contributed by atoms with Gasteiger partial charge in [0.15, 0.2) is 0 Å². The molecule has 0 aromatic carbocycles. The number of amides is 4. The lowest BCUT2D eigenvalue weighted by Gasteiger charge is -2.35. The van der Waals surface area contributed by atoms with Crippen molar-refractivity contribution in [2.24, 2.45) is 17.3 Å². The molecule has 2 N–H and O–H groups in total. The number of nitrogens with zero attached hydrogens (tertiary/aromatic N) is 1. The third-order valence-electron chi connectivity index (χ3n) is 6.49. The molecular weight excluding hydrogens is 402 g/mol. The van der Waals surface area contributed by atoms with Crippen LogP contribution in [-0.2, 0) is 28.7 Å². The number of nitrogens with one attached hydrogen (secondary N) is 2. The molecule has 1 aliphatic carbocycles. The van der Waals surface area contributed by atoms with Crippen LogP contribution in [0.15, 0.2) is 0 Å². The molecule has 0 aromatic rings. The summed E-state index contributed by atoms with van der Waals surface area (Å²) in [5, 5.41) is 3.46. The van der Waals surface area contributed by atoms with Crippen molar-refractivity contribution in [1.82, 2.24) is 15.8 Å². The summed E-state index contributed by atoms with van der Waals surface area (Å²) in [5.74, 6) is -3.56. The molecule has 31 heavy (non-hydrogen) atoms. The summed E-state index contributed by atoms with van der Waals surface area (Å²) in [4.78, 5) is 63.2. The first-order valence-electron chi connectivity index (χ1n) is 11.3. The summed E-state index contributed by atoms with van der Waals surface area (Å²) in [6.45, 7) is 4.51. The summed E-state index contributed by atoms with van der Waals surface area (Å²) >= 11 is 0. The van der Waals surface area contributed by atoms with E-state index in [0.717, 1.165) is 32.1 Å². The normalized spacial score (nSPS) is 23.9. The van der Waals surface area contributed by atoms with Gasteiger partial charge in [0.1, 0.15) is 6.04 Å². The van der Waals surface area contributed by atoms with Gasteiger partial charge >= 0.3 is 5.91 Å². The van der Waals surface area contributed by atoms with Crippen molar-refractivity contribution in [2.45, 2.75) is 77.7 Å². The first-order chi connectivity index (χ1) is 14.7. The molecule has 0 radical (unpaired) electrons. The highest BCUT2D eigenvalue weighted by molar-refractivity contribution is 6.38. The Bertz CT molecular complexity index is 718. The van der Waals surface area contributed by atoms with E-state index in [4.69, 9.17) is 4.74 Å². The fourth-order valence-electron chi connectivity index (χ4n) is 4.68. The molecule has 1 atom stereocenters. The second-order valence-corrected chi connectivity index (χ2v) is 9.72. The minimum Gasteiger partial charge on any atom is -0.381 e. The average Bonchev–Trinajstić information content (AvgIpc) is 2.74. The quantitative estimate of drug-likeness (QED) is 0.478. The number of rotatable bonds is 6. The van der Waals surface area contributed by atoms with Crippen molar-refractivity contribution < 1.29 is 28.7 Å². The number of ketones is 1. The molecule has 2 aliphatic heterocycles. The molecule has 9 heteroatoms. The van der Waals surface area contributed by atoms with Crippen molar-refractivity contribution in [1.29, 1.82) is 0 Å². The molecule has 4 amide bonds. The van der Waals surface area contributed by atoms with Crippen LogP contribution in [0.5, 0.6) is 0 Å². The SMILES string of the molecule is CC1(C)CC(=O)N(NC(=O)C(=O)C(NC(=O)C2CCCCC2)C2CCOCC2)C(=O)C1. The van der Waals surface area contributed by atoms with Gasteiger partial charge in [-0.1, -0.05) is 33.1 Å². The van der Waals surface area contributed by atoms with E-state index in [9.17, 15) is 24.0 Å². The van der Waals surface area contributed by atoms with Gasteiger partial charge in [0.05, 0.1) is 0 Å². The van der Waals surface area contributed by atoms with Crippen molar-refractivity contribution in [3.8, 4) is 0 Å². The molecule has 0 aromatic heterocycles. The lowest BCUT2D eigenvalue weighted by Crippen LogP contribution is -2.59. The molecule has 0 spiro atoms. The van der Waals surface area contributed by atoms with E-state index in [1.807, 2.05) is 0 Å². The summed E-state index contributed by atoms with van der Waals surface area (Å²) in [5.41, 5.74) is 1.70. The number of carbonyl (C=O) groups excluding carboxylic acids is 5. The van der Waals surface area contributed by atoms with Crippen LogP contribution in [0.2, 0.25) is 0 Å². The Labute approximate surface area is 182 Å². The van der Waals surface area contributed by atoms with Gasteiger partial charge in [0.25, 0.3) is 0 Å². The van der Waals surface area contributed by atoms with Gasteiger partial charge in [-0.15, -0.1) is 0 Å². The van der Waals surface area contributed by atoms with Crippen LogP contribution < -0.4 is 10.7 Å². The first kappa shape index (κ1) is 23.4. The van der Waals surface area contributed by atoms with E-state index < -0.39 is 35.0 Å². The molecule has 9 nitrogen and oxygen atoms in total. The minimum atomic E-state index is -1.05. The van der Waals surface area contributed by atoms with E-state index in [1.54, 1.807) is 13.8 Å². The number of hydrogen-bond acceptors (Lipinski definition) is 6. The van der Waals surface area contributed by atoms with E-state index in [1.165, 1.54) is 0 Å². The van der Waals surface area contributed by atoms with Gasteiger partial charge < -0.3 is 10.1 Å². The Hall–Kier alpha value is -2.29. The van der Waals surface area contributed by atoms with E-state index >= 15 is 0 Å². The fourth-order valence-corrected chi connectivity index (χ4v) is 4.68. The maximum atomic E-state index is 13.1. The number of hydrogen-bond donors (Lipinski definition) is 2. The van der Waals surface area contributed by atoms with Crippen LogP contribution >= 0.6 is 0 Å². The number of imide groups is 1. The predicted octanol–water partition coefficient (Wildman–Crippen LogP) is 1.25. The average molecular weight is 436 g/mol. The first-order valence-corrected chi connectivity index (χ1v) is 11.3. The van der Waals surface area contributed by atoms with Gasteiger partial charge in [-0.25, -0.2) is 0 Å². The highest BCUT2D eigenvalue weighted by Crippen LogP contribution is 2.31. The standard InChI is InChI=1S/C22H33N3O6/c1-22(2)12-16(26)25(17(27)13-22)24-21(30)19(28)18(14-8-10-31-11-9-14)23-20(29)15-6-4-3-5-7-15/h14-15,18H,3-13H2,1-2H3,(H,23,29)(H,24,30). The van der Waals surface area contributed by atoms with Crippen molar-refractivity contribution in [3.63, 3.8) is 0 Å². The zero-order chi connectivity index (χ0) is 22.6. The van der Waals surface area contributed by atoms with Gasteiger partial charge in [0.2, 0.25) is 23.5 Å². The highest BCUT2D eigenvalue weighted by atomic mass is 16.5. The summed E-state index contributed by atoms with van der Waals surface area (Å²) in [6.07, 6.45) is 5.88. The Kier molecular flexibility index (Phi) is 7.46. The van der Waals surface area contributed by atoms with Gasteiger partial charge in [0, 0.05) is 32.0 Å². The van der Waals surface area contributed by atoms with Gasteiger partial charge in [-0.05, 0) is 37.0 Å². The Balaban J connectivity index is 1.69. The van der Waals surface area contributed by atoms with Gasteiger partial charge in [-0.2, -0.15) is 5.01 Å². The van der Waals surface area contributed by atoms with E-state index in [0.29, 0.717) is 31.1 Å². The van der Waals surface area contributed by atoms with Crippen LogP contribution in [-0.4, -0.2) is 53.7 Å². The van der Waals surface area contributed by atoms with Crippen LogP contribution in [0.4, 0.5) is 0 Å². The van der Waals surface area contributed by atoms with Crippen molar-refractivity contribution in [3.05, 3.63) is 0 Å². The smallest absolute Gasteiger partial charge is 0.308 e. The van der Waals surface area contributed by atoms with E-state index in [-0.39, 0.29) is 30.6 Å². The Morgan fingerprint density at radius 2 is 1.55 bits per heavy atom. The minimum absolute atomic E-state index is 0.0923. The largest absolute Gasteiger partial charge is 0.381 e. The topological polar surface area (TPSA) is 122 Å². The Morgan fingerprint density at radius 1 is 0.968 bits per heavy atom. The third kappa shape index (κ3) is 5.90. The van der Waals surface area contributed by atoms with Crippen LogP contribution in [0.1, 0.15) is 71.6 Å². The fraction of sp³-hybridized carbons (Fsp3) is 0.773. The maximum Gasteiger partial charge on any atom is 0.308 e. The zero-order valence-corrected chi connectivity index (χ0v) is 18.4. The lowest BCUT2D eigenvalue weighted by molar-refractivity contribution is -0.161. The summed E-state index contributed by atoms with van der Waals surface area (Å²) in [7, 11) is 0. The zero-order valence-electron chi connectivity index (χ0n) is 18.4. The molecule has 1 unspecified atom stereocenters. The molecule has 172 valence electrons. The van der Waals surface area contributed by atoms with Crippen LogP contribution in [0.25, 0.3) is 0 Å². The number of ether oxygens (including phenoxy) is 1. The second kappa shape index (κ2) is 9.89. The summed E-state index contributed by atoms with van der Waals surface area (Å²) < 4.78 is 5.36. The molecule has 0 bridgehead atoms. The van der Waals surface area contributed by atoms with Crippen molar-refractivity contribution >= 4 is 29.4 Å². The molecule has 2 heterocycles. The summed E-state index contributed by atoms with van der Waals surface area (Å²) in [6, 6.07) is -0.996. The molecule has 2 saturated heterocycles. The maximum absolute atomic E-state index is 13.1. The molecule has 3 aliphatic rings. The lowest BCUT2D eigenvalue weighted by atomic mass is 9.82. The number of carbonyl (C=O) groups is 5. The number of Topliss-reactive ketones (excluding diaryl/α,β-unsaturated/α-hetero) is 1. The Morgan fingerprint density at radius 3 is 2.13 bits per heavy atom. The molecule has 1 saturated carbocycles. The van der Waals surface area contributed by atoms with Crippen molar-refractivity contribution in [2.75, 3.05) is 13.2 Å². The van der Waals surface area contributed by atoms with Gasteiger partial charge in [-0.3, -0.25) is 29.4 Å². The molecule has 3 fully saturated rings. The number of piperidine rings is 1. The second-order valence-electron chi connectivity index (χ2n) is 9.72. The predicted molar refractivity (Wildman–Crippen MR) is 110 cm³/mol. The highest BCUT2D eigenvalue weighted by Gasteiger charge is 2.41. The molecular formula is C22H33N3O6. The third-order valence-corrected chi connectivity index (χ3v) is 6.49.